The molecule has 0 radical (unpaired) electrons. The van der Waals surface area contributed by atoms with Crippen LogP contribution in [0.15, 0.2) is 47.0 Å². The molecule has 3 aromatic rings. The molecular weight excluding hydrogens is 302 g/mol. The van der Waals surface area contributed by atoms with Gasteiger partial charge in [0.25, 0.3) is 0 Å². The molecule has 0 bridgehead atoms. The third-order valence-corrected chi connectivity index (χ3v) is 3.59. The summed E-state index contributed by atoms with van der Waals surface area (Å²) in [5.41, 5.74) is 1.35. The van der Waals surface area contributed by atoms with Crippen molar-refractivity contribution in [3.05, 3.63) is 65.4 Å². The highest BCUT2D eigenvalue weighted by Gasteiger charge is 2.17. The van der Waals surface area contributed by atoms with Gasteiger partial charge in [0, 0.05) is 17.0 Å². The Bertz CT molecular complexity index is 861. The third-order valence-electron chi connectivity index (χ3n) is 3.59. The molecule has 6 heteroatoms. The molecule has 1 amide bonds. The molecule has 1 N–H and O–H groups in total. The minimum atomic E-state index is -0.690. The van der Waals surface area contributed by atoms with Crippen LogP contribution in [0.3, 0.4) is 0 Å². The number of carbonyl (C=O) groups excluding carboxylic acids is 1. The van der Waals surface area contributed by atoms with Crippen molar-refractivity contribution in [2.45, 2.75) is 19.4 Å². The number of amides is 1. The lowest BCUT2D eigenvalue weighted by Crippen LogP contribution is -2.28. The fraction of sp³-hybridized carbons (Fsp3) is 0.176. The highest BCUT2D eigenvalue weighted by molar-refractivity contribution is 5.86. The standard InChI is InChI=1S/C17H14F2N2O2/c1-10(12-7-6-11(18)8-14(12)19)20-17(22)9-15-13-4-2-3-5-16(13)23-21-15/h2-8,10H,9H2,1H3,(H,20,22)/t10-/m1/s1. The Labute approximate surface area is 131 Å². The van der Waals surface area contributed by atoms with Crippen LogP contribution in [-0.4, -0.2) is 11.1 Å². The van der Waals surface area contributed by atoms with Crippen LogP contribution in [0.1, 0.15) is 24.2 Å². The van der Waals surface area contributed by atoms with E-state index in [-0.39, 0.29) is 17.9 Å². The molecule has 1 atom stereocenters. The quantitative estimate of drug-likeness (QED) is 0.801. The van der Waals surface area contributed by atoms with Crippen LogP contribution in [0.4, 0.5) is 8.78 Å². The van der Waals surface area contributed by atoms with Crippen molar-refractivity contribution in [1.29, 1.82) is 0 Å². The fourth-order valence-electron chi connectivity index (χ4n) is 2.44. The van der Waals surface area contributed by atoms with Gasteiger partial charge in [0.05, 0.1) is 12.5 Å². The Balaban J connectivity index is 1.71. The molecule has 1 aromatic heterocycles. The topological polar surface area (TPSA) is 55.1 Å². The molecule has 118 valence electrons. The van der Waals surface area contributed by atoms with E-state index < -0.39 is 17.7 Å². The van der Waals surface area contributed by atoms with Gasteiger partial charge in [0.15, 0.2) is 5.58 Å². The number of hydrogen-bond acceptors (Lipinski definition) is 3. The van der Waals surface area contributed by atoms with Crippen molar-refractivity contribution in [1.82, 2.24) is 10.5 Å². The van der Waals surface area contributed by atoms with E-state index in [1.807, 2.05) is 18.2 Å². The molecule has 0 saturated carbocycles. The zero-order valence-electron chi connectivity index (χ0n) is 12.3. The summed E-state index contributed by atoms with van der Waals surface area (Å²) in [5, 5.41) is 7.33. The monoisotopic (exact) mass is 316 g/mol. The van der Waals surface area contributed by atoms with Crippen LogP contribution in [-0.2, 0) is 11.2 Å². The Morgan fingerprint density at radius 3 is 2.83 bits per heavy atom. The number of hydrogen-bond donors (Lipinski definition) is 1. The molecular formula is C17H14F2N2O2. The highest BCUT2D eigenvalue weighted by atomic mass is 19.1. The number of aromatic nitrogens is 1. The van der Waals surface area contributed by atoms with Gasteiger partial charge in [0.2, 0.25) is 5.91 Å². The molecule has 0 aliphatic rings. The van der Waals surface area contributed by atoms with Crippen LogP contribution in [0.2, 0.25) is 0 Å². The van der Waals surface area contributed by atoms with E-state index in [0.717, 1.165) is 17.5 Å². The maximum Gasteiger partial charge on any atom is 0.226 e. The molecule has 0 aliphatic heterocycles. The van der Waals surface area contributed by atoms with E-state index in [1.165, 1.54) is 6.07 Å². The molecule has 3 rings (SSSR count). The van der Waals surface area contributed by atoms with Gasteiger partial charge in [-0.15, -0.1) is 0 Å². The number of para-hydroxylation sites is 1. The van der Waals surface area contributed by atoms with Gasteiger partial charge in [-0.1, -0.05) is 23.4 Å². The van der Waals surface area contributed by atoms with Gasteiger partial charge in [-0.3, -0.25) is 4.79 Å². The Morgan fingerprint density at radius 2 is 2.04 bits per heavy atom. The second-order valence-electron chi connectivity index (χ2n) is 5.26. The average molecular weight is 316 g/mol. The van der Waals surface area contributed by atoms with E-state index in [2.05, 4.69) is 10.5 Å². The molecule has 0 fully saturated rings. The normalized spacial score (nSPS) is 12.3. The predicted octanol–water partition coefficient (Wildman–Crippen LogP) is 3.53. The van der Waals surface area contributed by atoms with Crippen molar-refractivity contribution in [3.8, 4) is 0 Å². The Morgan fingerprint density at radius 1 is 1.26 bits per heavy atom. The van der Waals surface area contributed by atoms with Crippen LogP contribution in [0.25, 0.3) is 11.0 Å². The molecule has 23 heavy (non-hydrogen) atoms. The van der Waals surface area contributed by atoms with Gasteiger partial charge in [0.1, 0.15) is 17.3 Å². The van der Waals surface area contributed by atoms with Gasteiger partial charge in [-0.05, 0) is 25.1 Å². The summed E-state index contributed by atoms with van der Waals surface area (Å²) in [7, 11) is 0. The second-order valence-corrected chi connectivity index (χ2v) is 5.26. The lowest BCUT2D eigenvalue weighted by atomic mass is 10.1. The number of nitrogens with one attached hydrogen (secondary N) is 1. The van der Waals surface area contributed by atoms with Crippen LogP contribution in [0.5, 0.6) is 0 Å². The Hall–Kier alpha value is -2.76. The number of carbonyl (C=O) groups is 1. The SMILES string of the molecule is C[C@@H](NC(=O)Cc1noc2ccccc12)c1ccc(F)cc1F. The number of halogens is 2. The molecule has 0 unspecified atom stereocenters. The number of rotatable bonds is 4. The molecule has 0 saturated heterocycles. The van der Waals surface area contributed by atoms with Crippen molar-refractivity contribution < 1.29 is 18.1 Å². The van der Waals surface area contributed by atoms with Crippen molar-refractivity contribution >= 4 is 16.9 Å². The van der Waals surface area contributed by atoms with E-state index in [4.69, 9.17) is 4.52 Å². The molecule has 0 aliphatic carbocycles. The summed E-state index contributed by atoms with van der Waals surface area (Å²) >= 11 is 0. The van der Waals surface area contributed by atoms with E-state index >= 15 is 0 Å². The van der Waals surface area contributed by atoms with Gasteiger partial charge in [-0.2, -0.15) is 0 Å². The minimum absolute atomic E-state index is 0.0180. The van der Waals surface area contributed by atoms with Gasteiger partial charge >= 0.3 is 0 Å². The Kier molecular flexibility index (Phi) is 4.06. The second kappa shape index (κ2) is 6.16. The zero-order chi connectivity index (χ0) is 16.4. The maximum absolute atomic E-state index is 13.7. The summed E-state index contributed by atoms with van der Waals surface area (Å²) in [6.07, 6.45) is 0.0180. The van der Waals surface area contributed by atoms with Crippen LogP contribution < -0.4 is 5.32 Å². The van der Waals surface area contributed by atoms with Gasteiger partial charge < -0.3 is 9.84 Å². The minimum Gasteiger partial charge on any atom is -0.356 e. The zero-order valence-corrected chi connectivity index (χ0v) is 12.3. The van der Waals surface area contributed by atoms with Crippen LogP contribution >= 0.6 is 0 Å². The third kappa shape index (κ3) is 3.21. The molecule has 2 aromatic carbocycles. The number of fused-ring (bicyclic) bond motifs is 1. The summed E-state index contributed by atoms with van der Waals surface area (Å²) in [6, 6.07) is 9.92. The summed E-state index contributed by atoms with van der Waals surface area (Å²) in [4.78, 5) is 12.1. The first-order valence-corrected chi connectivity index (χ1v) is 7.12. The van der Waals surface area contributed by atoms with E-state index in [1.54, 1.807) is 13.0 Å². The smallest absolute Gasteiger partial charge is 0.226 e. The number of benzene rings is 2. The fourth-order valence-corrected chi connectivity index (χ4v) is 2.44. The average Bonchev–Trinajstić information content (AvgIpc) is 2.90. The van der Waals surface area contributed by atoms with Crippen LogP contribution in [0, 0.1) is 11.6 Å². The van der Waals surface area contributed by atoms with Crippen molar-refractivity contribution in [3.63, 3.8) is 0 Å². The highest BCUT2D eigenvalue weighted by Crippen LogP contribution is 2.20. The summed E-state index contributed by atoms with van der Waals surface area (Å²) in [5.74, 6) is -1.66. The first kappa shape index (κ1) is 15.1. The number of nitrogens with zero attached hydrogens (tertiary/aromatic N) is 1. The molecule has 4 nitrogen and oxygen atoms in total. The maximum atomic E-state index is 13.7. The summed E-state index contributed by atoms with van der Waals surface area (Å²) < 4.78 is 31.8. The first-order chi connectivity index (χ1) is 11.0. The summed E-state index contributed by atoms with van der Waals surface area (Å²) in [6.45, 7) is 1.63. The van der Waals surface area contributed by atoms with E-state index in [0.29, 0.717) is 11.3 Å². The van der Waals surface area contributed by atoms with Gasteiger partial charge in [-0.25, -0.2) is 8.78 Å². The lowest BCUT2D eigenvalue weighted by Gasteiger charge is -2.14. The largest absolute Gasteiger partial charge is 0.356 e. The predicted molar refractivity (Wildman–Crippen MR) is 80.6 cm³/mol. The molecule has 1 heterocycles. The van der Waals surface area contributed by atoms with E-state index in [9.17, 15) is 13.6 Å². The van der Waals surface area contributed by atoms with Crippen molar-refractivity contribution in [2.75, 3.05) is 0 Å². The lowest BCUT2D eigenvalue weighted by molar-refractivity contribution is -0.121. The van der Waals surface area contributed by atoms with Crippen molar-refractivity contribution in [2.24, 2.45) is 0 Å². The first-order valence-electron chi connectivity index (χ1n) is 7.12. The molecule has 0 spiro atoms.